The van der Waals surface area contributed by atoms with Gasteiger partial charge < -0.3 is 9.64 Å². The number of carbonyl (C=O) groups excluding carboxylic acids is 1. The number of ether oxygens (including phenoxy) is 1. The maximum Gasteiger partial charge on any atom is 0.233 e. The molecular formula is C21H21N3O2. The van der Waals surface area contributed by atoms with Gasteiger partial charge in [-0.05, 0) is 17.7 Å². The Balaban J connectivity index is 1.32. The van der Waals surface area contributed by atoms with Crippen molar-refractivity contribution in [1.29, 1.82) is 0 Å². The minimum atomic E-state index is 0.0752. The molecule has 4 rings (SSSR count). The molecule has 1 aliphatic rings. The lowest BCUT2D eigenvalue weighted by Crippen LogP contribution is -2.42. The Morgan fingerprint density at radius 3 is 2.46 bits per heavy atom. The first kappa shape index (κ1) is 16.5. The Labute approximate surface area is 152 Å². The number of hydrogen-bond donors (Lipinski definition) is 0. The summed E-state index contributed by atoms with van der Waals surface area (Å²) in [5.41, 5.74) is 2.75. The Kier molecular flexibility index (Phi) is 4.78. The number of carbonyl (C=O) groups is 1. The maximum absolute atomic E-state index is 12.4. The van der Waals surface area contributed by atoms with E-state index >= 15 is 0 Å². The quantitative estimate of drug-likeness (QED) is 0.727. The summed E-state index contributed by atoms with van der Waals surface area (Å²) >= 11 is 0. The highest BCUT2D eigenvalue weighted by atomic mass is 16.5. The molecule has 2 heterocycles. The van der Waals surface area contributed by atoms with Gasteiger partial charge in [-0.3, -0.25) is 4.79 Å². The van der Waals surface area contributed by atoms with Gasteiger partial charge in [-0.2, -0.15) is 0 Å². The van der Waals surface area contributed by atoms with E-state index in [-0.39, 0.29) is 12.0 Å². The third-order valence-electron chi connectivity index (χ3n) is 4.71. The van der Waals surface area contributed by atoms with E-state index in [1.807, 2.05) is 59.5 Å². The van der Waals surface area contributed by atoms with Crippen molar-refractivity contribution in [1.82, 2.24) is 14.9 Å². The molecule has 0 spiro atoms. The predicted octanol–water partition coefficient (Wildman–Crippen LogP) is 3.24. The van der Waals surface area contributed by atoms with Crippen LogP contribution in [-0.2, 0) is 11.2 Å². The molecule has 5 heteroatoms. The molecule has 0 radical (unpaired) electrons. The summed E-state index contributed by atoms with van der Waals surface area (Å²) in [5, 5.41) is 0. The van der Waals surface area contributed by atoms with Gasteiger partial charge in [-0.15, -0.1) is 0 Å². The van der Waals surface area contributed by atoms with Crippen LogP contribution < -0.4 is 4.74 Å². The van der Waals surface area contributed by atoms with Crippen LogP contribution in [-0.4, -0.2) is 40.0 Å². The summed E-state index contributed by atoms with van der Waals surface area (Å²) in [6, 6.07) is 17.6. The topological polar surface area (TPSA) is 55.3 Å². The molecule has 0 saturated carbocycles. The first-order valence-corrected chi connectivity index (χ1v) is 8.98. The van der Waals surface area contributed by atoms with E-state index in [1.54, 1.807) is 6.20 Å². The zero-order valence-corrected chi connectivity index (χ0v) is 14.5. The summed E-state index contributed by atoms with van der Waals surface area (Å²) in [6.07, 6.45) is 3.84. The number of benzene rings is 2. The number of likely N-dealkylation sites (tertiary alicyclic amines) is 1. The standard InChI is InChI=1S/C21H21N3O2/c25-21(14-16-6-2-1-3-7-16)24-12-10-17(11-13-24)26-20-15-22-18-8-4-5-9-19(18)23-20/h1-9,15,17H,10-14H2. The molecule has 1 aliphatic heterocycles. The number of aromatic nitrogens is 2. The molecule has 1 aromatic heterocycles. The summed E-state index contributed by atoms with van der Waals surface area (Å²) in [4.78, 5) is 23.3. The molecule has 0 aliphatic carbocycles. The zero-order valence-electron chi connectivity index (χ0n) is 14.5. The normalized spacial score (nSPS) is 15.2. The lowest BCUT2D eigenvalue weighted by molar-refractivity contribution is -0.132. The Hall–Kier alpha value is -2.95. The van der Waals surface area contributed by atoms with Crippen LogP contribution in [0.5, 0.6) is 5.88 Å². The molecule has 5 nitrogen and oxygen atoms in total. The van der Waals surface area contributed by atoms with E-state index in [4.69, 9.17) is 4.74 Å². The van der Waals surface area contributed by atoms with Gasteiger partial charge in [0.2, 0.25) is 11.8 Å². The molecule has 0 atom stereocenters. The largest absolute Gasteiger partial charge is 0.473 e. The maximum atomic E-state index is 12.4. The second-order valence-electron chi connectivity index (χ2n) is 6.56. The lowest BCUT2D eigenvalue weighted by Gasteiger charge is -2.32. The number of nitrogens with zero attached hydrogens (tertiary/aromatic N) is 3. The minimum absolute atomic E-state index is 0.0752. The van der Waals surface area contributed by atoms with E-state index in [9.17, 15) is 4.79 Å². The highest BCUT2D eigenvalue weighted by molar-refractivity contribution is 5.78. The lowest BCUT2D eigenvalue weighted by atomic mass is 10.1. The highest BCUT2D eigenvalue weighted by Gasteiger charge is 2.24. The monoisotopic (exact) mass is 347 g/mol. The molecular weight excluding hydrogens is 326 g/mol. The number of amides is 1. The molecule has 132 valence electrons. The van der Waals surface area contributed by atoms with Crippen molar-refractivity contribution < 1.29 is 9.53 Å². The fraction of sp³-hybridized carbons (Fsp3) is 0.286. The third-order valence-corrected chi connectivity index (χ3v) is 4.71. The van der Waals surface area contributed by atoms with E-state index in [2.05, 4.69) is 9.97 Å². The number of piperidine rings is 1. The van der Waals surface area contributed by atoms with Gasteiger partial charge in [0.15, 0.2) is 0 Å². The minimum Gasteiger partial charge on any atom is -0.473 e. The van der Waals surface area contributed by atoms with E-state index in [1.165, 1.54) is 0 Å². The molecule has 1 saturated heterocycles. The molecule has 26 heavy (non-hydrogen) atoms. The molecule has 0 bridgehead atoms. The van der Waals surface area contributed by atoms with Gasteiger partial charge in [-0.25, -0.2) is 9.97 Å². The summed E-state index contributed by atoms with van der Waals surface area (Å²) in [5.74, 6) is 0.734. The van der Waals surface area contributed by atoms with E-state index in [0.29, 0.717) is 12.3 Å². The van der Waals surface area contributed by atoms with Crippen LogP contribution in [0.2, 0.25) is 0 Å². The fourth-order valence-corrected chi connectivity index (χ4v) is 3.27. The van der Waals surface area contributed by atoms with Crippen molar-refractivity contribution >= 4 is 16.9 Å². The number of fused-ring (bicyclic) bond motifs is 1. The van der Waals surface area contributed by atoms with Crippen LogP contribution >= 0.6 is 0 Å². The summed E-state index contributed by atoms with van der Waals surface area (Å²) in [6.45, 7) is 1.44. The van der Waals surface area contributed by atoms with Crippen LogP contribution in [0.4, 0.5) is 0 Å². The first-order valence-electron chi connectivity index (χ1n) is 8.98. The van der Waals surface area contributed by atoms with Crippen molar-refractivity contribution in [2.24, 2.45) is 0 Å². The van der Waals surface area contributed by atoms with Crippen molar-refractivity contribution in [3.8, 4) is 5.88 Å². The van der Waals surface area contributed by atoms with Crippen molar-refractivity contribution in [3.63, 3.8) is 0 Å². The SMILES string of the molecule is O=C(Cc1ccccc1)N1CCC(Oc2cnc3ccccc3n2)CC1. The predicted molar refractivity (Wildman–Crippen MR) is 99.9 cm³/mol. The molecule has 3 aromatic rings. The van der Waals surface area contributed by atoms with Crippen molar-refractivity contribution in [3.05, 3.63) is 66.4 Å². The van der Waals surface area contributed by atoms with Crippen LogP contribution in [0.3, 0.4) is 0 Å². The molecule has 1 fully saturated rings. The van der Waals surface area contributed by atoms with Gasteiger partial charge in [0, 0.05) is 25.9 Å². The summed E-state index contributed by atoms with van der Waals surface area (Å²) < 4.78 is 6.00. The highest BCUT2D eigenvalue weighted by Crippen LogP contribution is 2.19. The zero-order chi connectivity index (χ0) is 17.8. The van der Waals surface area contributed by atoms with Crippen LogP contribution in [0, 0.1) is 0 Å². The molecule has 0 unspecified atom stereocenters. The Bertz CT molecular complexity index is 890. The average Bonchev–Trinajstić information content (AvgIpc) is 2.69. The third kappa shape index (κ3) is 3.82. The second-order valence-corrected chi connectivity index (χ2v) is 6.56. The van der Waals surface area contributed by atoms with Gasteiger partial charge in [0.1, 0.15) is 6.10 Å². The smallest absolute Gasteiger partial charge is 0.233 e. The van der Waals surface area contributed by atoms with Crippen LogP contribution in [0.1, 0.15) is 18.4 Å². The van der Waals surface area contributed by atoms with E-state index < -0.39 is 0 Å². The Morgan fingerprint density at radius 1 is 1.00 bits per heavy atom. The van der Waals surface area contributed by atoms with Crippen LogP contribution in [0.15, 0.2) is 60.8 Å². The van der Waals surface area contributed by atoms with E-state index in [0.717, 1.165) is 42.5 Å². The second kappa shape index (κ2) is 7.52. The van der Waals surface area contributed by atoms with Gasteiger partial charge in [-0.1, -0.05) is 42.5 Å². The van der Waals surface area contributed by atoms with Crippen LogP contribution in [0.25, 0.3) is 11.0 Å². The van der Waals surface area contributed by atoms with Gasteiger partial charge >= 0.3 is 0 Å². The summed E-state index contributed by atoms with van der Waals surface area (Å²) in [7, 11) is 0. The number of hydrogen-bond acceptors (Lipinski definition) is 4. The number of rotatable bonds is 4. The van der Waals surface area contributed by atoms with Gasteiger partial charge in [0.25, 0.3) is 0 Å². The van der Waals surface area contributed by atoms with Gasteiger partial charge in [0.05, 0.1) is 23.7 Å². The van der Waals surface area contributed by atoms with Crippen molar-refractivity contribution in [2.45, 2.75) is 25.4 Å². The molecule has 0 N–H and O–H groups in total. The first-order chi connectivity index (χ1) is 12.8. The molecule has 2 aromatic carbocycles. The number of para-hydroxylation sites is 2. The average molecular weight is 347 g/mol. The van der Waals surface area contributed by atoms with Crippen molar-refractivity contribution in [2.75, 3.05) is 13.1 Å². The fourth-order valence-electron chi connectivity index (χ4n) is 3.27. The Morgan fingerprint density at radius 2 is 1.69 bits per heavy atom. The molecule has 1 amide bonds.